The Morgan fingerprint density at radius 3 is 2.55 bits per heavy atom. The molecule has 0 aliphatic carbocycles. The highest BCUT2D eigenvalue weighted by atomic mass is 19.4. The zero-order chi connectivity index (χ0) is 21.2. The van der Waals surface area contributed by atoms with Gasteiger partial charge in [0.25, 0.3) is 11.5 Å². The number of rotatable bonds is 5. The van der Waals surface area contributed by atoms with Crippen molar-refractivity contribution in [3.8, 4) is 0 Å². The number of aryl methyl sites for hydroxylation is 1. The largest absolute Gasteiger partial charge is 0.419 e. The normalized spacial score (nSPS) is 11.5. The van der Waals surface area contributed by atoms with Crippen molar-refractivity contribution in [2.75, 3.05) is 23.8 Å². The molecule has 0 fully saturated rings. The first-order valence-electron chi connectivity index (χ1n) is 8.40. The molecule has 1 aromatic carbocycles. The Hall–Kier alpha value is -3.47. The average Bonchev–Trinajstić information content (AvgIpc) is 2.68. The number of amides is 1. The fourth-order valence-electron chi connectivity index (χ4n) is 2.71. The smallest absolute Gasteiger partial charge is 0.395 e. The van der Waals surface area contributed by atoms with Crippen molar-refractivity contribution >= 4 is 28.4 Å². The molecule has 0 saturated carbocycles. The molecule has 3 N–H and O–H groups in total. The van der Waals surface area contributed by atoms with Gasteiger partial charge in [-0.15, -0.1) is 0 Å². The van der Waals surface area contributed by atoms with Gasteiger partial charge in [-0.1, -0.05) is 6.07 Å². The molecule has 2 heterocycles. The number of nitrogens with zero attached hydrogens (tertiary/aromatic N) is 3. The fraction of sp³-hybridized carbons (Fsp3) is 0.222. The molecule has 3 rings (SSSR count). The van der Waals surface area contributed by atoms with Crippen LogP contribution in [0.4, 0.5) is 24.8 Å². The molecule has 3 aromatic rings. The van der Waals surface area contributed by atoms with Gasteiger partial charge in [0.15, 0.2) is 0 Å². The molecule has 29 heavy (non-hydrogen) atoms. The maximum Gasteiger partial charge on any atom is 0.419 e. The molecule has 1 amide bonds. The zero-order valence-electron chi connectivity index (χ0n) is 15.1. The summed E-state index contributed by atoms with van der Waals surface area (Å²) >= 11 is 0. The summed E-state index contributed by atoms with van der Waals surface area (Å²) in [5.74, 6) is -1.22. The standard InChI is InChI=1S/C18H16F3N5O3/c1-26-14-4-2-3-13(22-5-6-27)11(14)7-12(16(26)29)15(28)25-17-23-8-10(9-24-17)18(19,20)21/h2-4,7-9,22,27H,5-6H2,1H3,(H,23,24,25,28). The molecule has 11 heteroatoms. The third kappa shape index (κ3) is 4.19. The summed E-state index contributed by atoms with van der Waals surface area (Å²) < 4.78 is 39.0. The van der Waals surface area contributed by atoms with Gasteiger partial charge < -0.3 is 15.0 Å². The number of aliphatic hydroxyl groups excluding tert-OH is 1. The van der Waals surface area contributed by atoms with Crippen LogP contribution in [-0.2, 0) is 13.2 Å². The topological polar surface area (TPSA) is 109 Å². The molecule has 0 spiro atoms. The summed E-state index contributed by atoms with van der Waals surface area (Å²) in [5.41, 5.74) is -0.730. The Morgan fingerprint density at radius 2 is 1.93 bits per heavy atom. The molecule has 8 nitrogen and oxygen atoms in total. The number of anilines is 2. The summed E-state index contributed by atoms with van der Waals surface area (Å²) in [7, 11) is 1.49. The predicted octanol–water partition coefficient (Wildman–Crippen LogP) is 2.00. The van der Waals surface area contributed by atoms with Gasteiger partial charge in [0.2, 0.25) is 5.95 Å². The number of hydrogen-bond acceptors (Lipinski definition) is 6. The van der Waals surface area contributed by atoms with Gasteiger partial charge in [-0.3, -0.25) is 14.9 Å². The van der Waals surface area contributed by atoms with Crippen molar-refractivity contribution in [2.24, 2.45) is 7.05 Å². The molecule has 0 unspecified atom stereocenters. The average molecular weight is 407 g/mol. The summed E-state index contributed by atoms with van der Waals surface area (Å²) in [6.45, 7) is 0.156. The number of carbonyl (C=O) groups is 1. The SMILES string of the molecule is Cn1c(=O)c(C(=O)Nc2ncc(C(F)(F)F)cn2)cc2c(NCCO)cccc21. The number of nitrogens with one attached hydrogen (secondary N) is 2. The van der Waals surface area contributed by atoms with Crippen molar-refractivity contribution in [3.63, 3.8) is 0 Å². The lowest BCUT2D eigenvalue weighted by atomic mass is 10.1. The van der Waals surface area contributed by atoms with E-state index in [4.69, 9.17) is 5.11 Å². The van der Waals surface area contributed by atoms with Crippen molar-refractivity contribution in [3.05, 3.63) is 58.1 Å². The Kier molecular flexibility index (Phi) is 5.50. The monoisotopic (exact) mass is 407 g/mol. The maximum atomic E-state index is 12.6. The van der Waals surface area contributed by atoms with E-state index in [2.05, 4.69) is 20.6 Å². The van der Waals surface area contributed by atoms with Gasteiger partial charge in [0.1, 0.15) is 5.56 Å². The van der Waals surface area contributed by atoms with E-state index in [9.17, 15) is 22.8 Å². The minimum Gasteiger partial charge on any atom is -0.395 e. The zero-order valence-corrected chi connectivity index (χ0v) is 15.1. The molecule has 2 aromatic heterocycles. The summed E-state index contributed by atoms with van der Waals surface area (Å²) in [6.07, 6.45) is -3.52. The van der Waals surface area contributed by atoms with Crippen LogP contribution in [-0.4, -0.2) is 38.7 Å². The van der Waals surface area contributed by atoms with Crippen LogP contribution >= 0.6 is 0 Å². The van der Waals surface area contributed by atoms with Crippen LogP contribution in [0, 0.1) is 0 Å². The molecule has 0 saturated heterocycles. The van der Waals surface area contributed by atoms with Gasteiger partial charge in [0, 0.05) is 37.1 Å². The van der Waals surface area contributed by atoms with Crippen LogP contribution < -0.4 is 16.2 Å². The van der Waals surface area contributed by atoms with E-state index >= 15 is 0 Å². The Balaban J connectivity index is 1.97. The van der Waals surface area contributed by atoms with Gasteiger partial charge >= 0.3 is 6.18 Å². The Labute approximate surface area is 162 Å². The lowest BCUT2D eigenvalue weighted by Crippen LogP contribution is -2.28. The first kappa shape index (κ1) is 20.3. The van der Waals surface area contributed by atoms with Crippen molar-refractivity contribution in [1.29, 1.82) is 0 Å². The van der Waals surface area contributed by atoms with Crippen molar-refractivity contribution in [2.45, 2.75) is 6.18 Å². The first-order valence-corrected chi connectivity index (χ1v) is 8.40. The van der Waals surface area contributed by atoms with E-state index in [0.717, 1.165) is 0 Å². The number of hydrogen-bond donors (Lipinski definition) is 3. The van der Waals surface area contributed by atoms with E-state index in [-0.39, 0.29) is 24.7 Å². The van der Waals surface area contributed by atoms with Crippen LogP contribution in [0.2, 0.25) is 0 Å². The molecule has 0 aliphatic heterocycles. The van der Waals surface area contributed by atoms with E-state index in [0.29, 0.717) is 29.0 Å². The molecule has 0 bridgehead atoms. The first-order chi connectivity index (χ1) is 13.7. The van der Waals surface area contributed by atoms with Gasteiger partial charge in [-0.25, -0.2) is 9.97 Å². The highest BCUT2D eigenvalue weighted by molar-refractivity contribution is 6.06. The summed E-state index contributed by atoms with van der Waals surface area (Å²) in [4.78, 5) is 32.1. The van der Waals surface area contributed by atoms with E-state index in [1.807, 2.05) is 0 Å². The number of fused-ring (bicyclic) bond motifs is 1. The predicted molar refractivity (Wildman–Crippen MR) is 99.8 cm³/mol. The van der Waals surface area contributed by atoms with Crippen LogP contribution in [0.15, 0.2) is 41.5 Å². The summed E-state index contributed by atoms with van der Waals surface area (Å²) in [5, 5.41) is 14.8. The third-order valence-electron chi connectivity index (χ3n) is 4.14. The number of alkyl halides is 3. The highest BCUT2D eigenvalue weighted by Gasteiger charge is 2.31. The maximum absolute atomic E-state index is 12.6. The fourth-order valence-corrected chi connectivity index (χ4v) is 2.71. The molecular formula is C18H16F3N5O3. The number of pyridine rings is 1. The van der Waals surface area contributed by atoms with E-state index in [1.54, 1.807) is 18.2 Å². The second kappa shape index (κ2) is 7.87. The lowest BCUT2D eigenvalue weighted by molar-refractivity contribution is -0.138. The molecule has 0 atom stereocenters. The molecular weight excluding hydrogens is 391 g/mol. The third-order valence-corrected chi connectivity index (χ3v) is 4.14. The summed E-state index contributed by atoms with van der Waals surface area (Å²) in [6, 6.07) is 6.51. The lowest BCUT2D eigenvalue weighted by Gasteiger charge is -2.13. The minimum atomic E-state index is -4.60. The number of halogens is 3. The molecule has 0 radical (unpaired) electrons. The number of aliphatic hydroxyl groups is 1. The van der Waals surface area contributed by atoms with Gasteiger partial charge in [-0.2, -0.15) is 13.2 Å². The van der Waals surface area contributed by atoms with Gasteiger partial charge in [0.05, 0.1) is 17.7 Å². The van der Waals surface area contributed by atoms with E-state index in [1.165, 1.54) is 17.7 Å². The number of aromatic nitrogens is 3. The van der Waals surface area contributed by atoms with Crippen LogP contribution in [0.5, 0.6) is 0 Å². The quantitative estimate of drug-likeness (QED) is 0.597. The Morgan fingerprint density at radius 1 is 1.24 bits per heavy atom. The van der Waals surface area contributed by atoms with Gasteiger partial charge in [-0.05, 0) is 18.2 Å². The number of benzene rings is 1. The van der Waals surface area contributed by atoms with Crippen molar-refractivity contribution in [1.82, 2.24) is 14.5 Å². The highest BCUT2D eigenvalue weighted by Crippen LogP contribution is 2.28. The van der Waals surface area contributed by atoms with Crippen LogP contribution in [0.1, 0.15) is 15.9 Å². The number of carbonyl (C=O) groups excluding carboxylic acids is 1. The second-order valence-corrected chi connectivity index (χ2v) is 6.06. The second-order valence-electron chi connectivity index (χ2n) is 6.06. The van der Waals surface area contributed by atoms with Crippen LogP contribution in [0.25, 0.3) is 10.9 Å². The van der Waals surface area contributed by atoms with E-state index < -0.39 is 23.2 Å². The minimum absolute atomic E-state index is 0.110. The van der Waals surface area contributed by atoms with Crippen molar-refractivity contribution < 1.29 is 23.1 Å². The van der Waals surface area contributed by atoms with Crippen LogP contribution in [0.3, 0.4) is 0 Å². The Bertz CT molecular complexity index is 1110. The molecule has 152 valence electrons. The molecule has 0 aliphatic rings.